The molecule has 0 spiro atoms. The zero-order chi connectivity index (χ0) is 2.00. The Morgan fingerprint density at radius 2 is 1.25 bits per heavy atom. The molecule has 0 aromatic rings. The van der Waals surface area contributed by atoms with Gasteiger partial charge in [-0.15, -0.1) is 0 Å². The predicted octanol–water partition coefficient (Wildman–Crippen LogP) is -1.31. The van der Waals surface area contributed by atoms with Crippen LogP contribution in [0.4, 0.5) is 0 Å². The zero-order valence-corrected chi connectivity index (χ0v) is 6.11. The SMILES string of the molecule is [AlH3].[O]=[Ce].[Ti]. The van der Waals surface area contributed by atoms with E-state index in [9.17, 15) is 0 Å². The van der Waals surface area contributed by atoms with E-state index >= 15 is 0 Å². The van der Waals surface area contributed by atoms with E-state index in [1.54, 1.807) is 0 Å². The minimum atomic E-state index is 0. The van der Waals surface area contributed by atoms with Gasteiger partial charge in [-0.3, -0.25) is 0 Å². The smallest absolute Gasteiger partial charge is 0 e. The molecule has 0 unspecified atom stereocenters. The largest absolute Gasteiger partial charge is 0 e. The van der Waals surface area contributed by atoms with Crippen molar-refractivity contribution in [2.75, 3.05) is 0 Å². The van der Waals surface area contributed by atoms with E-state index < -0.39 is 0 Å². The van der Waals surface area contributed by atoms with Crippen molar-refractivity contribution in [1.29, 1.82) is 0 Å². The Morgan fingerprint density at radius 1 is 1.25 bits per heavy atom. The first-order valence-electron chi connectivity index (χ1n) is 0.204. The summed E-state index contributed by atoms with van der Waals surface area (Å²) in [7, 11) is 0. The van der Waals surface area contributed by atoms with E-state index in [4.69, 9.17) is 0.938 Å². The fourth-order valence-electron chi connectivity index (χ4n) is 0. The van der Waals surface area contributed by atoms with Crippen molar-refractivity contribution in [3.63, 3.8) is 0 Å². The molecule has 20 valence electrons. The third kappa shape index (κ3) is 8.83. The first-order chi connectivity index (χ1) is 1.00. The molecule has 0 bridgehead atoms. The van der Waals surface area contributed by atoms with Gasteiger partial charge in [-0.2, -0.15) is 0 Å². The summed E-state index contributed by atoms with van der Waals surface area (Å²) in [6, 6.07) is 0. The molecule has 0 saturated carbocycles. The first-order valence-corrected chi connectivity index (χ1v) is 1.49. The van der Waals surface area contributed by atoms with E-state index in [1.165, 1.54) is 0 Å². The van der Waals surface area contributed by atoms with Crippen LogP contribution in [0.15, 0.2) is 0 Å². The molecule has 0 aliphatic heterocycles. The van der Waals surface area contributed by atoms with Gasteiger partial charge in [-0.25, -0.2) is 0 Å². The second-order valence-corrected chi connectivity index (χ2v) is 0. The molecule has 0 aliphatic rings. The fraction of sp³-hybridized carbons (Fsp3) is 0. The van der Waals surface area contributed by atoms with Crippen LogP contribution >= 0.6 is 0 Å². The first kappa shape index (κ1) is 16.1. The quantitative estimate of drug-likeness (QED) is 0.476. The van der Waals surface area contributed by atoms with Crippen molar-refractivity contribution < 1.29 is 62.4 Å². The molecule has 1 nitrogen and oxygen atoms in total. The minimum absolute atomic E-state index is 0. The third-order valence-electron chi connectivity index (χ3n) is 0. The summed E-state index contributed by atoms with van der Waals surface area (Å²) in [5.74, 6) is 0. The van der Waals surface area contributed by atoms with Crippen LogP contribution < -0.4 is 0 Å². The standard InChI is InChI=1S/Al.Ce.O.Ti.3H. The Kier molecular flexibility index (Phi) is 72.8. The maximum absolute atomic E-state index is 8.39. The van der Waals surface area contributed by atoms with E-state index in [2.05, 4.69) is 0 Å². The van der Waals surface area contributed by atoms with Gasteiger partial charge in [-0.05, 0) is 0 Å². The molecule has 0 radical (unpaired) electrons. The molecule has 4 heteroatoms. The Bertz CT molecular complexity index is 8.00. The van der Waals surface area contributed by atoms with Crippen molar-refractivity contribution in [3.8, 4) is 0 Å². The molecule has 4 heavy (non-hydrogen) atoms. The summed E-state index contributed by atoms with van der Waals surface area (Å²) in [5.41, 5.74) is 0. The summed E-state index contributed by atoms with van der Waals surface area (Å²) < 4.78 is 8.39. The van der Waals surface area contributed by atoms with E-state index in [0.717, 1.165) is 0 Å². The molecule has 0 aliphatic carbocycles. The summed E-state index contributed by atoms with van der Waals surface area (Å²) >= 11 is 0.0556. The summed E-state index contributed by atoms with van der Waals surface area (Å²) in [6.45, 7) is 0. The zero-order valence-electron chi connectivity index (χ0n) is 1.41. The van der Waals surface area contributed by atoms with Crippen LogP contribution in [0.1, 0.15) is 0 Å². The maximum Gasteiger partial charge on any atom is 0 e. The Hall–Kier alpha value is 2.42. The monoisotopic (exact) mass is 234 g/mol. The normalized spacial score (nSPS) is 0.750. The Balaban J connectivity index is -0.00000000500. The number of hydrogen-bond donors (Lipinski definition) is 0. The summed E-state index contributed by atoms with van der Waals surface area (Å²) in [5, 5.41) is 0. The van der Waals surface area contributed by atoms with Crippen LogP contribution in [0.3, 0.4) is 0 Å². The molecule has 0 heterocycles. The molecule has 0 aromatic carbocycles. The van der Waals surface area contributed by atoms with Gasteiger partial charge in [0.1, 0.15) is 0 Å². The molecule has 0 amide bonds. The van der Waals surface area contributed by atoms with Crippen molar-refractivity contribution >= 4 is 17.4 Å². The van der Waals surface area contributed by atoms with Gasteiger partial charge < -0.3 is 0 Å². The van der Waals surface area contributed by atoms with Crippen LogP contribution in [0.2, 0.25) is 0 Å². The topological polar surface area (TPSA) is 17.1 Å². The van der Waals surface area contributed by atoms with Gasteiger partial charge in [0, 0.05) is 21.7 Å². The number of hydrogen-bond acceptors (Lipinski definition) is 1. The van der Waals surface area contributed by atoms with E-state index in [1.807, 2.05) is 0 Å². The average molecular weight is 234 g/mol. The molecule has 0 rings (SSSR count). The Morgan fingerprint density at radius 3 is 1.25 bits per heavy atom. The van der Waals surface area contributed by atoms with E-state index in [0.29, 0.717) is 0 Å². The third-order valence-corrected chi connectivity index (χ3v) is 0. The summed E-state index contributed by atoms with van der Waals surface area (Å²) in [4.78, 5) is 0. The maximum atomic E-state index is 8.39. The van der Waals surface area contributed by atoms with E-state index in [-0.39, 0.29) is 78.9 Å². The molecule has 0 aromatic heterocycles. The van der Waals surface area contributed by atoms with Gasteiger partial charge >= 0.3 is 40.7 Å². The predicted molar refractivity (Wildman–Crippen MR) is 10.6 cm³/mol. The molecule has 0 N–H and O–H groups in total. The van der Waals surface area contributed by atoms with Crippen LogP contribution in [0, 0.1) is 39.8 Å². The Labute approximate surface area is 78.1 Å². The van der Waals surface area contributed by atoms with Gasteiger partial charge in [0.2, 0.25) is 0 Å². The molecular weight excluding hydrogens is 231 g/mol. The molecule has 0 fully saturated rings. The van der Waals surface area contributed by atoms with Crippen molar-refractivity contribution in [2.24, 2.45) is 0 Å². The van der Waals surface area contributed by atoms with Crippen LogP contribution in [0.25, 0.3) is 0 Å². The molecule has 0 atom stereocenters. The van der Waals surface area contributed by atoms with Crippen LogP contribution in [0.5, 0.6) is 0 Å². The van der Waals surface area contributed by atoms with Crippen molar-refractivity contribution in [1.82, 2.24) is 0 Å². The van der Waals surface area contributed by atoms with Gasteiger partial charge in [-0.1, -0.05) is 0 Å². The van der Waals surface area contributed by atoms with Crippen LogP contribution in [-0.4, -0.2) is 17.4 Å². The average Bonchev–Trinajstić information content (AvgIpc) is 1.00. The fourth-order valence-corrected chi connectivity index (χ4v) is 0. The van der Waals surface area contributed by atoms with Crippen molar-refractivity contribution in [2.45, 2.75) is 0 Å². The van der Waals surface area contributed by atoms with Crippen LogP contribution in [-0.2, 0) is 22.7 Å². The van der Waals surface area contributed by atoms with Gasteiger partial charge in [0.25, 0.3) is 0 Å². The summed E-state index contributed by atoms with van der Waals surface area (Å²) in [6.07, 6.45) is 0. The van der Waals surface area contributed by atoms with Gasteiger partial charge in [0.15, 0.2) is 17.4 Å². The molecular formula is H3AlCeOTi. The number of rotatable bonds is 0. The minimum Gasteiger partial charge on any atom is 0 e. The van der Waals surface area contributed by atoms with Crippen molar-refractivity contribution in [3.05, 3.63) is 0 Å². The second kappa shape index (κ2) is 18.1. The van der Waals surface area contributed by atoms with Gasteiger partial charge in [0.05, 0.1) is 0 Å². The molecule has 0 saturated heterocycles. The second-order valence-electron chi connectivity index (χ2n) is 0.